The van der Waals surface area contributed by atoms with Crippen LogP contribution < -0.4 is 4.90 Å². The van der Waals surface area contributed by atoms with Gasteiger partial charge in [-0.05, 0) is 61.7 Å². The first-order valence-corrected chi connectivity index (χ1v) is 9.59. The van der Waals surface area contributed by atoms with Crippen LogP contribution in [0, 0.1) is 6.92 Å². The van der Waals surface area contributed by atoms with Gasteiger partial charge in [-0.25, -0.2) is 4.98 Å². The molecular weight excluding hydrogens is 350 g/mol. The quantitative estimate of drug-likeness (QED) is 0.673. The topological polar surface area (TPSA) is 66.3 Å². The van der Waals surface area contributed by atoms with Gasteiger partial charge in [0.25, 0.3) is 0 Å². The molecule has 0 spiro atoms. The van der Waals surface area contributed by atoms with E-state index in [1.807, 2.05) is 31.2 Å². The second-order valence-electron chi connectivity index (χ2n) is 7.23. The van der Waals surface area contributed by atoms with Gasteiger partial charge < -0.3 is 10.0 Å². The number of phenols is 1. The zero-order chi connectivity index (χ0) is 19.5. The molecule has 1 aromatic carbocycles. The molecule has 0 aliphatic carbocycles. The number of anilines is 1. The molecule has 1 aliphatic heterocycles. The Balaban J connectivity index is 0.00000160. The summed E-state index contributed by atoms with van der Waals surface area (Å²) in [5, 5.41) is 9.79. The molecule has 5 nitrogen and oxygen atoms in total. The number of rotatable bonds is 4. The van der Waals surface area contributed by atoms with Crippen LogP contribution in [0.4, 0.5) is 5.82 Å². The van der Waals surface area contributed by atoms with E-state index in [4.69, 9.17) is 0 Å². The van der Waals surface area contributed by atoms with Gasteiger partial charge >= 0.3 is 0 Å². The molecule has 5 heteroatoms. The lowest BCUT2D eigenvalue weighted by Crippen LogP contribution is -2.35. The molecule has 0 bridgehead atoms. The Morgan fingerprint density at radius 2 is 2.04 bits per heavy atom. The Labute approximate surface area is 167 Å². The minimum absolute atomic E-state index is 0. The smallest absolute Gasteiger partial charge is 0.213 e. The first kappa shape index (κ1) is 18.2. The molecule has 1 atom stereocenters. The Morgan fingerprint density at radius 1 is 1.18 bits per heavy atom. The van der Waals surface area contributed by atoms with Crippen LogP contribution in [0.15, 0.2) is 60.8 Å². The Hall–Kier alpha value is -3.21. The predicted octanol–water partition coefficient (Wildman–Crippen LogP) is 4.60. The van der Waals surface area contributed by atoms with Crippen molar-refractivity contribution in [2.45, 2.75) is 25.7 Å². The summed E-state index contributed by atoms with van der Waals surface area (Å²) in [5.41, 5.74) is 2.88. The van der Waals surface area contributed by atoms with Crippen molar-refractivity contribution in [3.8, 4) is 5.75 Å². The first-order valence-electron chi connectivity index (χ1n) is 9.59. The monoisotopic (exact) mass is 377 g/mol. The fourth-order valence-corrected chi connectivity index (χ4v) is 3.82. The molecule has 1 unspecified atom stereocenters. The van der Waals surface area contributed by atoms with Crippen LogP contribution in [0.1, 0.15) is 48.9 Å². The molecule has 4 rings (SSSR count). The zero-order valence-corrected chi connectivity index (χ0v) is 15.9. The summed E-state index contributed by atoms with van der Waals surface area (Å²) in [4.78, 5) is 24.0. The van der Waals surface area contributed by atoms with Crippen molar-refractivity contribution >= 4 is 11.6 Å². The summed E-state index contributed by atoms with van der Waals surface area (Å²) < 4.78 is 0. The van der Waals surface area contributed by atoms with E-state index in [0.29, 0.717) is 28.6 Å². The number of piperidine rings is 1. The van der Waals surface area contributed by atoms with Gasteiger partial charge in [-0.1, -0.05) is 18.2 Å². The molecule has 2 aromatic heterocycles. The van der Waals surface area contributed by atoms with Gasteiger partial charge in [0, 0.05) is 39.3 Å². The molecule has 1 aliphatic rings. The lowest BCUT2D eigenvalue weighted by atomic mass is 9.90. The number of pyridine rings is 2. The number of aromatic nitrogens is 2. The number of aryl methyl sites for hydroxylation is 1. The number of hydrogen-bond acceptors (Lipinski definition) is 5. The van der Waals surface area contributed by atoms with Gasteiger partial charge in [-0.15, -0.1) is 0 Å². The molecule has 3 heterocycles. The van der Waals surface area contributed by atoms with Crippen LogP contribution in [-0.2, 0) is 0 Å². The molecule has 1 saturated heterocycles. The van der Waals surface area contributed by atoms with E-state index in [1.165, 1.54) is 0 Å². The van der Waals surface area contributed by atoms with Gasteiger partial charge in [-0.2, -0.15) is 0 Å². The molecule has 3 aromatic rings. The fraction of sp³-hybridized carbons (Fsp3) is 0.261. The maximum Gasteiger partial charge on any atom is 0.213 e. The maximum absolute atomic E-state index is 12.9. The van der Waals surface area contributed by atoms with Crippen LogP contribution in [0.3, 0.4) is 0 Å². The third-order valence-electron chi connectivity index (χ3n) is 5.31. The van der Waals surface area contributed by atoms with E-state index in [9.17, 15) is 9.90 Å². The molecule has 146 valence electrons. The second kappa shape index (κ2) is 7.80. The van der Waals surface area contributed by atoms with Crippen LogP contribution in [0.25, 0.3) is 0 Å². The van der Waals surface area contributed by atoms with Gasteiger partial charge in [-0.3, -0.25) is 9.78 Å². The fourth-order valence-electron chi connectivity index (χ4n) is 3.82. The number of carbonyl (C=O) groups is 1. The van der Waals surface area contributed by atoms with Crippen molar-refractivity contribution in [1.82, 2.24) is 9.97 Å². The van der Waals surface area contributed by atoms with Gasteiger partial charge in [0.15, 0.2) is 0 Å². The summed E-state index contributed by atoms with van der Waals surface area (Å²) in [5.74, 6) is 1.35. The zero-order valence-electron chi connectivity index (χ0n) is 15.9. The van der Waals surface area contributed by atoms with Crippen molar-refractivity contribution < 1.29 is 12.8 Å². The highest BCUT2D eigenvalue weighted by Crippen LogP contribution is 2.31. The third-order valence-corrected chi connectivity index (χ3v) is 5.31. The highest BCUT2D eigenvalue weighted by atomic mass is 16.3. The third kappa shape index (κ3) is 3.74. The largest absolute Gasteiger partial charge is 0.508 e. The molecule has 28 heavy (non-hydrogen) atoms. The SMILES string of the molecule is Cc1ncccc1C(=O)c1cccc(N2CCCC(c3cccc(O)c3)C2)n1.[HH].[HH]. The van der Waals surface area contributed by atoms with Crippen molar-refractivity contribution in [3.05, 3.63) is 83.3 Å². The van der Waals surface area contributed by atoms with Crippen molar-refractivity contribution in [1.29, 1.82) is 0 Å². The van der Waals surface area contributed by atoms with E-state index >= 15 is 0 Å². The summed E-state index contributed by atoms with van der Waals surface area (Å²) in [6.45, 7) is 3.56. The lowest BCUT2D eigenvalue weighted by Gasteiger charge is -2.34. The number of carbonyl (C=O) groups excluding carboxylic acids is 1. The molecule has 0 amide bonds. The molecule has 0 saturated carbocycles. The first-order chi connectivity index (χ1) is 13.6. The van der Waals surface area contributed by atoms with Crippen LogP contribution in [0.2, 0.25) is 0 Å². The summed E-state index contributed by atoms with van der Waals surface area (Å²) >= 11 is 0. The lowest BCUT2D eigenvalue weighted by molar-refractivity contribution is 0.103. The Morgan fingerprint density at radius 3 is 2.86 bits per heavy atom. The highest BCUT2D eigenvalue weighted by molar-refractivity contribution is 6.08. The van der Waals surface area contributed by atoms with Gasteiger partial charge in [0.1, 0.15) is 17.3 Å². The molecule has 1 N–H and O–H groups in total. The van der Waals surface area contributed by atoms with E-state index in [2.05, 4.69) is 20.9 Å². The minimum atomic E-state index is -0.103. The number of aromatic hydroxyl groups is 1. The average Bonchev–Trinajstić information content (AvgIpc) is 2.74. The highest BCUT2D eigenvalue weighted by Gasteiger charge is 2.23. The number of ketones is 1. The van der Waals surface area contributed by atoms with Crippen molar-refractivity contribution in [3.63, 3.8) is 0 Å². The predicted molar refractivity (Wildman–Crippen MR) is 113 cm³/mol. The Bertz CT molecular complexity index is 1010. The van der Waals surface area contributed by atoms with Gasteiger partial charge in [0.2, 0.25) is 5.78 Å². The maximum atomic E-state index is 12.9. The standard InChI is InChI=1S/C23H23N3O2.2H2/c1-16-20(9-4-12-24-16)23(28)21-10-3-11-22(25-21)26-13-5-7-18(15-26)17-6-2-8-19(27)14-17;;/h2-4,6,8-12,14,18,27H,5,7,13,15H2,1H3;2*1H. The minimum Gasteiger partial charge on any atom is -0.508 e. The van der Waals surface area contributed by atoms with Crippen LogP contribution >= 0.6 is 0 Å². The second-order valence-corrected chi connectivity index (χ2v) is 7.23. The van der Waals surface area contributed by atoms with Crippen LogP contribution in [0.5, 0.6) is 5.75 Å². The van der Waals surface area contributed by atoms with Crippen molar-refractivity contribution in [2.24, 2.45) is 0 Å². The van der Waals surface area contributed by atoms with Crippen LogP contribution in [-0.4, -0.2) is 33.9 Å². The van der Waals surface area contributed by atoms with E-state index in [-0.39, 0.29) is 8.64 Å². The van der Waals surface area contributed by atoms with E-state index in [0.717, 1.165) is 37.3 Å². The normalized spacial score (nSPS) is 16.8. The molecule has 1 fully saturated rings. The summed E-state index contributed by atoms with van der Waals surface area (Å²) in [6.07, 6.45) is 3.81. The van der Waals surface area contributed by atoms with Crippen molar-refractivity contribution in [2.75, 3.05) is 18.0 Å². The number of hydrogen-bond donors (Lipinski definition) is 1. The molecule has 0 radical (unpaired) electrons. The van der Waals surface area contributed by atoms with E-state index < -0.39 is 0 Å². The number of benzene rings is 1. The summed E-state index contributed by atoms with van der Waals surface area (Å²) in [7, 11) is 0. The number of nitrogens with zero attached hydrogens (tertiary/aromatic N) is 3. The van der Waals surface area contributed by atoms with Gasteiger partial charge in [0.05, 0.1) is 0 Å². The van der Waals surface area contributed by atoms with E-state index in [1.54, 1.807) is 30.5 Å². The molecular formula is C23H27N3O2. The number of phenolic OH excluding ortho intramolecular Hbond substituents is 1. The summed E-state index contributed by atoms with van der Waals surface area (Å²) in [6, 6.07) is 16.6. The Kier molecular flexibility index (Phi) is 5.06. The average molecular weight is 377 g/mol.